The van der Waals surface area contributed by atoms with Crippen LogP contribution in [-0.4, -0.2) is 48.3 Å². The van der Waals surface area contributed by atoms with E-state index in [2.05, 4.69) is 24.1 Å². The van der Waals surface area contributed by atoms with E-state index in [4.69, 9.17) is 4.74 Å². The van der Waals surface area contributed by atoms with Gasteiger partial charge in [0.1, 0.15) is 0 Å². The first-order chi connectivity index (χ1) is 9.12. The molecule has 110 valence electrons. The Balaban J connectivity index is 1.50. The number of piperidine rings is 1. The Kier molecular flexibility index (Phi) is 4.16. The third-order valence-corrected chi connectivity index (χ3v) is 4.92. The van der Waals surface area contributed by atoms with Gasteiger partial charge in [-0.2, -0.15) is 0 Å². The van der Waals surface area contributed by atoms with E-state index in [9.17, 15) is 0 Å². The van der Waals surface area contributed by atoms with E-state index in [0.717, 1.165) is 18.6 Å². The van der Waals surface area contributed by atoms with Crippen LogP contribution in [0, 0.1) is 0 Å². The Morgan fingerprint density at radius 3 is 2.53 bits per heavy atom. The van der Waals surface area contributed by atoms with Crippen molar-refractivity contribution < 1.29 is 4.74 Å². The van der Waals surface area contributed by atoms with Crippen LogP contribution in [0.4, 0.5) is 0 Å². The first-order valence-electron chi connectivity index (χ1n) is 8.28. The third-order valence-electron chi connectivity index (χ3n) is 4.92. The van der Waals surface area contributed by atoms with Gasteiger partial charge in [0.2, 0.25) is 0 Å². The summed E-state index contributed by atoms with van der Waals surface area (Å²) in [4.78, 5) is 2.72. The lowest BCUT2D eigenvalue weighted by molar-refractivity contribution is -0.0308. The second-order valence-corrected chi connectivity index (χ2v) is 7.37. The highest BCUT2D eigenvalue weighted by Crippen LogP contribution is 2.33. The van der Waals surface area contributed by atoms with E-state index < -0.39 is 0 Å². The van der Waals surface area contributed by atoms with Crippen molar-refractivity contribution in [2.75, 3.05) is 19.6 Å². The minimum absolute atomic E-state index is 0.114. The van der Waals surface area contributed by atoms with Gasteiger partial charge < -0.3 is 10.1 Å². The van der Waals surface area contributed by atoms with Gasteiger partial charge in [0.05, 0.1) is 11.7 Å². The normalized spacial score (nSPS) is 34.9. The van der Waals surface area contributed by atoms with Crippen LogP contribution in [0.25, 0.3) is 0 Å². The number of rotatable bonds is 5. The van der Waals surface area contributed by atoms with Crippen molar-refractivity contribution in [2.45, 2.75) is 82.6 Å². The largest absolute Gasteiger partial charge is 0.371 e. The first-order valence-corrected chi connectivity index (χ1v) is 8.28. The zero-order chi connectivity index (χ0) is 13.3. The van der Waals surface area contributed by atoms with Gasteiger partial charge in [-0.15, -0.1) is 0 Å². The molecule has 1 aliphatic carbocycles. The second kappa shape index (κ2) is 5.71. The topological polar surface area (TPSA) is 24.5 Å². The Morgan fingerprint density at radius 2 is 1.95 bits per heavy atom. The van der Waals surface area contributed by atoms with Crippen molar-refractivity contribution in [2.24, 2.45) is 0 Å². The summed E-state index contributed by atoms with van der Waals surface area (Å²) in [5, 5.41) is 3.69. The minimum Gasteiger partial charge on any atom is -0.371 e. The maximum absolute atomic E-state index is 6.18. The predicted molar refractivity (Wildman–Crippen MR) is 78.4 cm³/mol. The number of ether oxygens (including phenoxy) is 1. The van der Waals surface area contributed by atoms with Gasteiger partial charge in [0.25, 0.3) is 0 Å². The summed E-state index contributed by atoms with van der Waals surface area (Å²) in [6.07, 6.45) is 9.88. The van der Waals surface area contributed by atoms with Crippen molar-refractivity contribution >= 4 is 0 Å². The highest BCUT2D eigenvalue weighted by molar-refractivity contribution is 4.91. The molecule has 2 saturated heterocycles. The van der Waals surface area contributed by atoms with Gasteiger partial charge in [-0.1, -0.05) is 6.42 Å². The summed E-state index contributed by atoms with van der Waals surface area (Å²) in [6.45, 7) is 8.08. The molecule has 3 aliphatic rings. The van der Waals surface area contributed by atoms with E-state index in [1.54, 1.807) is 0 Å². The molecule has 0 amide bonds. The van der Waals surface area contributed by atoms with Crippen molar-refractivity contribution in [1.82, 2.24) is 10.2 Å². The zero-order valence-corrected chi connectivity index (χ0v) is 12.7. The smallest absolute Gasteiger partial charge is 0.0710 e. The summed E-state index contributed by atoms with van der Waals surface area (Å²) < 4.78 is 6.18. The lowest BCUT2D eigenvalue weighted by Crippen LogP contribution is -2.46. The Labute approximate surface area is 118 Å². The van der Waals surface area contributed by atoms with Gasteiger partial charge in [-0.25, -0.2) is 0 Å². The number of nitrogens with one attached hydrogen (secondary N) is 1. The average Bonchev–Trinajstić information content (AvgIpc) is 3.16. The van der Waals surface area contributed by atoms with Crippen LogP contribution in [0.3, 0.4) is 0 Å². The number of hydrogen-bond acceptors (Lipinski definition) is 3. The van der Waals surface area contributed by atoms with E-state index in [0.29, 0.717) is 6.10 Å². The fraction of sp³-hybridized carbons (Fsp3) is 1.00. The van der Waals surface area contributed by atoms with Crippen LogP contribution in [0.5, 0.6) is 0 Å². The van der Waals surface area contributed by atoms with Crippen LogP contribution in [-0.2, 0) is 4.74 Å². The van der Waals surface area contributed by atoms with Crippen LogP contribution in [0.2, 0.25) is 0 Å². The zero-order valence-electron chi connectivity index (χ0n) is 12.7. The number of nitrogens with zero attached hydrogens (tertiary/aromatic N) is 1. The molecule has 2 aliphatic heterocycles. The molecule has 0 aromatic heterocycles. The van der Waals surface area contributed by atoms with Gasteiger partial charge in [0, 0.05) is 25.2 Å². The molecule has 2 heterocycles. The summed E-state index contributed by atoms with van der Waals surface area (Å²) >= 11 is 0. The average molecular weight is 266 g/mol. The molecule has 0 radical (unpaired) electrons. The van der Waals surface area contributed by atoms with E-state index >= 15 is 0 Å². The molecule has 3 rings (SSSR count). The van der Waals surface area contributed by atoms with E-state index in [1.165, 1.54) is 58.0 Å². The van der Waals surface area contributed by atoms with Gasteiger partial charge in [-0.3, -0.25) is 4.90 Å². The fourth-order valence-corrected chi connectivity index (χ4v) is 3.64. The quantitative estimate of drug-likeness (QED) is 0.827. The molecule has 2 atom stereocenters. The molecule has 0 aromatic carbocycles. The molecule has 1 saturated carbocycles. The molecule has 0 spiro atoms. The maximum atomic E-state index is 6.18. The Morgan fingerprint density at radius 1 is 1.11 bits per heavy atom. The summed E-state index contributed by atoms with van der Waals surface area (Å²) in [6, 6.07) is 1.58. The Bertz CT molecular complexity index is 295. The van der Waals surface area contributed by atoms with Crippen LogP contribution in [0.1, 0.15) is 58.8 Å². The van der Waals surface area contributed by atoms with E-state index in [1.807, 2.05) is 0 Å². The summed E-state index contributed by atoms with van der Waals surface area (Å²) in [5.41, 5.74) is 0.114. The highest BCUT2D eigenvalue weighted by Gasteiger charge is 2.37. The molecule has 3 nitrogen and oxygen atoms in total. The molecular weight excluding hydrogens is 236 g/mol. The van der Waals surface area contributed by atoms with Crippen molar-refractivity contribution in [3.05, 3.63) is 0 Å². The van der Waals surface area contributed by atoms with Crippen LogP contribution < -0.4 is 5.32 Å². The molecule has 0 aromatic rings. The standard InChI is InChI=1S/C16H30N2O/c1-16(2)9-8-15(19-16)12-18(14-6-7-14)11-13-5-3-4-10-17-13/h13-15,17H,3-12H2,1-2H3. The predicted octanol–water partition coefficient (Wildman–Crippen LogP) is 2.55. The van der Waals surface area contributed by atoms with Crippen molar-refractivity contribution in [3.63, 3.8) is 0 Å². The van der Waals surface area contributed by atoms with E-state index in [-0.39, 0.29) is 5.60 Å². The molecule has 2 unspecified atom stereocenters. The van der Waals surface area contributed by atoms with Gasteiger partial charge in [0.15, 0.2) is 0 Å². The monoisotopic (exact) mass is 266 g/mol. The molecule has 1 N–H and O–H groups in total. The number of hydrogen-bond donors (Lipinski definition) is 1. The lowest BCUT2D eigenvalue weighted by atomic mass is 10.0. The molecule has 3 fully saturated rings. The molecule has 3 heteroatoms. The molecule has 19 heavy (non-hydrogen) atoms. The fourth-order valence-electron chi connectivity index (χ4n) is 3.64. The highest BCUT2D eigenvalue weighted by atomic mass is 16.5. The van der Waals surface area contributed by atoms with Gasteiger partial charge in [-0.05, 0) is 58.9 Å². The first kappa shape index (κ1) is 13.8. The summed E-state index contributed by atoms with van der Waals surface area (Å²) in [5.74, 6) is 0. The maximum Gasteiger partial charge on any atom is 0.0710 e. The van der Waals surface area contributed by atoms with Crippen molar-refractivity contribution in [3.8, 4) is 0 Å². The molecule has 0 bridgehead atoms. The van der Waals surface area contributed by atoms with Crippen LogP contribution in [0.15, 0.2) is 0 Å². The molecular formula is C16H30N2O. The second-order valence-electron chi connectivity index (χ2n) is 7.37. The van der Waals surface area contributed by atoms with Crippen molar-refractivity contribution in [1.29, 1.82) is 0 Å². The SMILES string of the molecule is CC1(C)CCC(CN(CC2CCCCN2)C2CC2)O1. The minimum atomic E-state index is 0.114. The Hall–Kier alpha value is -0.120. The van der Waals surface area contributed by atoms with Crippen LogP contribution >= 0.6 is 0 Å². The third kappa shape index (κ3) is 3.93. The lowest BCUT2D eigenvalue weighted by Gasteiger charge is -2.32. The van der Waals surface area contributed by atoms with Gasteiger partial charge >= 0.3 is 0 Å². The summed E-state index contributed by atoms with van der Waals surface area (Å²) in [7, 11) is 0.